The first kappa shape index (κ1) is 16.3. The van der Waals surface area contributed by atoms with E-state index in [1.54, 1.807) is 5.41 Å². The minimum Gasteiger partial charge on any atom is -0.354 e. The van der Waals surface area contributed by atoms with Gasteiger partial charge in [-0.2, -0.15) is 12.6 Å². The molecule has 0 rings (SSSR count). The molecule has 0 heterocycles. The number of allylic oxidation sites excluding steroid dienone is 2. The normalized spacial score (nSPS) is 14.0. The molecule has 0 aliphatic carbocycles. The van der Waals surface area contributed by atoms with Gasteiger partial charge in [0, 0.05) is 6.54 Å². The minimum atomic E-state index is -0.0679. The average Bonchev–Trinajstić information content (AvgIpc) is 2.33. The summed E-state index contributed by atoms with van der Waals surface area (Å²) in [5.41, 5.74) is 1.23. The molecule has 0 saturated carbocycles. The van der Waals surface area contributed by atoms with E-state index in [0.717, 1.165) is 19.4 Å². The van der Waals surface area contributed by atoms with E-state index in [2.05, 4.69) is 23.3 Å². The second-order valence-electron chi connectivity index (χ2n) is 3.91. The number of likely N-dealkylation sites (N-methyl/N-ethyl adjacent to an activating group) is 1. The van der Waals surface area contributed by atoms with E-state index < -0.39 is 0 Å². The number of hydrogen-bond donors (Lipinski definition) is 3. The number of carbonyl (C=O) groups excluding carboxylic acids is 1. The first-order chi connectivity index (χ1) is 8.15. The highest BCUT2D eigenvalue weighted by Crippen LogP contribution is 1.99. The van der Waals surface area contributed by atoms with Gasteiger partial charge in [-0.3, -0.25) is 4.79 Å². The van der Waals surface area contributed by atoms with Crippen molar-refractivity contribution in [2.45, 2.75) is 39.7 Å². The van der Waals surface area contributed by atoms with Gasteiger partial charge in [0.15, 0.2) is 0 Å². The van der Waals surface area contributed by atoms with Crippen molar-refractivity contribution >= 4 is 18.5 Å². The molecule has 0 spiro atoms. The average molecular weight is 256 g/mol. The Morgan fingerprint density at radius 3 is 2.65 bits per heavy atom. The molecule has 2 N–H and O–H groups in total. The van der Waals surface area contributed by atoms with Crippen molar-refractivity contribution in [2.75, 3.05) is 13.1 Å². The van der Waals surface area contributed by atoms with E-state index in [0.29, 0.717) is 6.54 Å². The lowest BCUT2D eigenvalue weighted by Gasteiger charge is -2.15. The van der Waals surface area contributed by atoms with Gasteiger partial charge >= 0.3 is 0 Å². The van der Waals surface area contributed by atoms with Crippen molar-refractivity contribution in [1.82, 2.24) is 10.6 Å². The first-order valence-corrected chi connectivity index (χ1v) is 6.64. The molecule has 17 heavy (non-hydrogen) atoms. The molecule has 0 aromatic heterocycles. The predicted octanol–water partition coefficient (Wildman–Crippen LogP) is 2.27. The van der Waals surface area contributed by atoms with Crippen LogP contribution >= 0.6 is 12.6 Å². The Balaban J connectivity index is 3.91. The van der Waals surface area contributed by atoms with Crippen LogP contribution in [0, 0.1) is 0 Å². The molecule has 1 amide bonds. The molecule has 0 saturated heterocycles. The number of amides is 1. The van der Waals surface area contributed by atoms with Gasteiger partial charge in [-0.15, -0.1) is 0 Å². The van der Waals surface area contributed by atoms with Crippen molar-refractivity contribution < 1.29 is 4.79 Å². The van der Waals surface area contributed by atoms with Crippen LogP contribution in [0.15, 0.2) is 23.1 Å². The maximum absolute atomic E-state index is 11.7. The van der Waals surface area contributed by atoms with Crippen molar-refractivity contribution in [1.29, 1.82) is 0 Å². The number of thiol groups is 1. The van der Waals surface area contributed by atoms with Crippen LogP contribution in [-0.2, 0) is 4.79 Å². The molecule has 98 valence electrons. The van der Waals surface area contributed by atoms with E-state index in [1.165, 1.54) is 5.57 Å². The van der Waals surface area contributed by atoms with Crippen molar-refractivity contribution in [2.24, 2.45) is 0 Å². The standard InChI is InChI=1S/C13H24N2OS/c1-4-12(14-5-2)13(16)15-9-8-11(3)7-6-10-17/h6-7,10,12,14,17H,4-5,8-9H2,1-3H3,(H,15,16)/b10-6-,11-7+/t12-/m0/s1. The van der Waals surface area contributed by atoms with Crippen molar-refractivity contribution in [3.63, 3.8) is 0 Å². The highest BCUT2D eigenvalue weighted by Gasteiger charge is 2.13. The summed E-state index contributed by atoms with van der Waals surface area (Å²) in [5, 5.41) is 7.79. The number of hydrogen-bond acceptors (Lipinski definition) is 3. The van der Waals surface area contributed by atoms with Gasteiger partial charge in [-0.05, 0) is 31.7 Å². The quantitative estimate of drug-likeness (QED) is 0.460. The summed E-state index contributed by atoms with van der Waals surface area (Å²) in [6.07, 6.45) is 5.57. The van der Waals surface area contributed by atoms with Gasteiger partial charge in [-0.25, -0.2) is 0 Å². The van der Waals surface area contributed by atoms with E-state index in [-0.39, 0.29) is 11.9 Å². The van der Waals surface area contributed by atoms with Crippen molar-refractivity contribution in [3.8, 4) is 0 Å². The lowest BCUT2D eigenvalue weighted by Crippen LogP contribution is -2.44. The molecular weight excluding hydrogens is 232 g/mol. The topological polar surface area (TPSA) is 41.1 Å². The molecule has 0 aromatic rings. The van der Waals surface area contributed by atoms with Crippen molar-refractivity contribution in [3.05, 3.63) is 23.1 Å². The molecule has 0 aliphatic rings. The SMILES string of the molecule is CCN[C@@H](CC)C(=O)NCC/C(C)=C/C=C\S. The number of nitrogens with one attached hydrogen (secondary N) is 2. The Morgan fingerprint density at radius 2 is 2.12 bits per heavy atom. The number of carbonyl (C=O) groups is 1. The summed E-state index contributed by atoms with van der Waals surface area (Å²) < 4.78 is 0. The molecule has 0 aromatic carbocycles. The molecule has 0 fully saturated rings. The highest BCUT2D eigenvalue weighted by atomic mass is 32.1. The predicted molar refractivity (Wildman–Crippen MR) is 77.3 cm³/mol. The molecule has 0 radical (unpaired) electrons. The van der Waals surface area contributed by atoms with Crippen LogP contribution in [0.2, 0.25) is 0 Å². The van der Waals surface area contributed by atoms with Crippen LogP contribution in [0.5, 0.6) is 0 Å². The molecule has 4 heteroatoms. The Bertz CT molecular complexity index is 275. The zero-order valence-electron chi connectivity index (χ0n) is 11.0. The first-order valence-electron chi connectivity index (χ1n) is 6.13. The molecule has 1 atom stereocenters. The Kier molecular flexibility index (Phi) is 9.96. The lowest BCUT2D eigenvalue weighted by molar-refractivity contribution is -0.123. The molecule has 3 nitrogen and oxygen atoms in total. The second kappa shape index (κ2) is 10.4. The monoisotopic (exact) mass is 256 g/mol. The summed E-state index contributed by atoms with van der Waals surface area (Å²) in [6.45, 7) is 7.56. The van der Waals surface area contributed by atoms with Gasteiger partial charge in [0.2, 0.25) is 5.91 Å². The summed E-state index contributed by atoms with van der Waals surface area (Å²) >= 11 is 3.98. The molecule has 0 aliphatic heterocycles. The maximum Gasteiger partial charge on any atom is 0.237 e. The Labute approximate surface area is 110 Å². The Hall–Kier alpha value is -0.740. The van der Waals surface area contributed by atoms with Crippen LogP contribution in [0.25, 0.3) is 0 Å². The lowest BCUT2D eigenvalue weighted by atomic mass is 10.2. The van der Waals surface area contributed by atoms with Crippen LogP contribution in [-0.4, -0.2) is 25.0 Å². The fourth-order valence-corrected chi connectivity index (χ4v) is 1.55. The minimum absolute atomic E-state index is 0.0679. The second-order valence-corrected chi connectivity index (χ2v) is 4.21. The third-order valence-corrected chi connectivity index (χ3v) is 2.63. The number of rotatable bonds is 8. The van der Waals surface area contributed by atoms with Crippen LogP contribution in [0.3, 0.4) is 0 Å². The van der Waals surface area contributed by atoms with E-state index in [4.69, 9.17) is 0 Å². The summed E-state index contributed by atoms with van der Waals surface area (Å²) in [6, 6.07) is -0.0679. The zero-order chi connectivity index (χ0) is 13.1. The summed E-state index contributed by atoms with van der Waals surface area (Å²) in [5.74, 6) is 0.0897. The molecule has 0 unspecified atom stereocenters. The summed E-state index contributed by atoms with van der Waals surface area (Å²) in [4.78, 5) is 11.7. The largest absolute Gasteiger partial charge is 0.354 e. The van der Waals surface area contributed by atoms with E-state index >= 15 is 0 Å². The van der Waals surface area contributed by atoms with E-state index in [9.17, 15) is 4.79 Å². The van der Waals surface area contributed by atoms with Gasteiger partial charge in [0.25, 0.3) is 0 Å². The van der Waals surface area contributed by atoms with Crippen LogP contribution in [0.4, 0.5) is 0 Å². The zero-order valence-corrected chi connectivity index (χ0v) is 11.9. The van der Waals surface area contributed by atoms with Gasteiger partial charge in [-0.1, -0.05) is 31.6 Å². The fourth-order valence-electron chi connectivity index (χ4n) is 1.47. The van der Waals surface area contributed by atoms with Gasteiger partial charge in [0.1, 0.15) is 0 Å². The highest BCUT2D eigenvalue weighted by molar-refractivity contribution is 7.83. The van der Waals surface area contributed by atoms with Crippen LogP contribution in [0.1, 0.15) is 33.6 Å². The molecular formula is C13H24N2OS. The van der Waals surface area contributed by atoms with Crippen LogP contribution < -0.4 is 10.6 Å². The van der Waals surface area contributed by atoms with Gasteiger partial charge < -0.3 is 10.6 Å². The third kappa shape index (κ3) is 8.05. The smallest absolute Gasteiger partial charge is 0.237 e. The molecule has 0 bridgehead atoms. The summed E-state index contributed by atoms with van der Waals surface area (Å²) in [7, 11) is 0. The van der Waals surface area contributed by atoms with E-state index in [1.807, 2.05) is 32.9 Å². The fraction of sp³-hybridized carbons (Fsp3) is 0.615. The van der Waals surface area contributed by atoms with Gasteiger partial charge in [0.05, 0.1) is 6.04 Å². The third-order valence-electron chi connectivity index (χ3n) is 2.46. The Morgan fingerprint density at radius 1 is 1.41 bits per heavy atom. The maximum atomic E-state index is 11.7.